The summed E-state index contributed by atoms with van der Waals surface area (Å²) < 4.78 is 35.4. The molecule has 0 saturated carbocycles. The number of ether oxygens (including phenoxy) is 1. The number of hydrogen-bond donors (Lipinski definition) is 3. The Morgan fingerprint density at radius 3 is 2.39 bits per heavy atom. The van der Waals surface area contributed by atoms with Crippen molar-refractivity contribution >= 4 is 21.1 Å². The van der Waals surface area contributed by atoms with Crippen LogP contribution in [-0.2, 0) is 23.5 Å². The van der Waals surface area contributed by atoms with Crippen LogP contribution in [0.5, 0.6) is 5.75 Å². The second kappa shape index (κ2) is 11.5. The molecule has 0 aliphatic carbocycles. The minimum atomic E-state index is -4.10. The van der Waals surface area contributed by atoms with Gasteiger partial charge in [0.2, 0.25) is 10.0 Å². The van der Waals surface area contributed by atoms with Gasteiger partial charge in [0.25, 0.3) is 5.56 Å². The van der Waals surface area contributed by atoms with Crippen molar-refractivity contribution in [2.45, 2.75) is 64.1 Å². The summed E-state index contributed by atoms with van der Waals surface area (Å²) >= 11 is 0. The molecule has 0 radical (unpaired) electrons. The van der Waals surface area contributed by atoms with E-state index in [0.717, 1.165) is 17.1 Å². The Labute approximate surface area is 210 Å². The highest BCUT2D eigenvalue weighted by molar-refractivity contribution is 7.89. The lowest BCUT2D eigenvalue weighted by atomic mass is 10.1. The number of sulfonamides is 1. The van der Waals surface area contributed by atoms with Crippen LogP contribution in [0.4, 0.5) is 0 Å². The summed E-state index contributed by atoms with van der Waals surface area (Å²) in [5, 5.41) is 24.1. The highest BCUT2D eigenvalue weighted by Gasteiger charge is 2.28. The third-order valence-corrected chi connectivity index (χ3v) is 7.32. The predicted molar refractivity (Wildman–Crippen MR) is 136 cm³/mol. The first-order valence-electron chi connectivity index (χ1n) is 12.1. The monoisotopic (exact) mass is 521 g/mol. The Kier molecular flexibility index (Phi) is 8.88. The van der Waals surface area contributed by atoms with Crippen LogP contribution < -0.4 is 10.3 Å². The van der Waals surface area contributed by atoms with Crippen molar-refractivity contribution in [3.05, 3.63) is 34.2 Å². The van der Waals surface area contributed by atoms with Gasteiger partial charge in [-0.15, -0.1) is 0 Å². The number of aliphatic hydroxyl groups excluding tert-OH is 2. The number of aromatic nitrogens is 4. The van der Waals surface area contributed by atoms with Gasteiger partial charge in [-0.25, -0.2) is 13.4 Å². The Morgan fingerprint density at radius 2 is 1.81 bits per heavy atom. The summed E-state index contributed by atoms with van der Waals surface area (Å²) in [4.78, 5) is 20.3. The largest absolute Gasteiger partial charge is 0.493 e. The molecule has 0 amide bonds. The van der Waals surface area contributed by atoms with Crippen LogP contribution in [0.15, 0.2) is 27.9 Å². The Morgan fingerprint density at radius 1 is 1.14 bits per heavy atom. The third-order valence-electron chi connectivity index (χ3n) is 5.49. The van der Waals surface area contributed by atoms with E-state index in [2.05, 4.69) is 15.1 Å². The summed E-state index contributed by atoms with van der Waals surface area (Å²) in [5.74, 6) is 0.537. The van der Waals surface area contributed by atoms with Gasteiger partial charge in [-0.05, 0) is 44.9 Å². The van der Waals surface area contributed by atoms with Crippen molar-refractivity contribution in [2.24, 2.45) is 7.05 Å². The smallest absolute Gasteiger partial charge is 0.277 e. The number of benzene rings is 1. The van der Waals surface area contributed by atoms with Crippen LogP contribution >= 0.6 is 0 Å². The van der Waals surface area contributed by atoms with Crippen LogP contribution in [0.1, 0.15) is 46.2 Å². The van der Waals surface area contributed by atoms with Crippen LogP contribution in [0.25, 0.3) is 22.4 Å². The summed E-state index contributed by atoms with van der Waals surface area (Å²) in [5.41, 5.74) is 1.39. The molecule has 0 fully saturated rings. The molecular formula is C24H35N5O6S. The fraction of sp³-hybridized carbons (Fsp3) is 0.542. The van der Waals surface area contributed by atoms with Crippen LogP contribution in [0, 0.1) is 0 Å². The van der Waals surface area contributed by atoms with Gasteiger partial charge in [0.1, 0.15) is 17.1 Å². The van der Waals surface area contributed by atoms with Gasteiger partial charge in [-0.1, -0.05) is 20.3 Å². The number of rotatable bonds is 12. The summed E-state index contributed by atoms with van der Waals surface area (Å²) in [6.07, 6.45) is 0.300. The molecule has 12 heteroatoms. The van der Waals surface area contributed by atoms with Gasteiger partial charge in [0, 0.05) is 20.1 Å². The fourth-order valence-electron chi connectivity index (χ4n) is 3.98. The lowest BCUT2D eigenvalue weighted by Gasteiger charge is -2.25. The van der Waals surface area contributed by atoms with Crippen molar-refractivity contribution in [1.82, 2.24) is 24.1 Å². The zero-order chi connectivity index (χ0) is 26.6. The predicted octanol–water partition coefficient (Wildman–Crippen LogP) is 1.82. The SMILES string of the molecule is CCCOc1ccc(S(=O)(=O)N(CC(C)O)CC(C)O)cc1-c1nc2c(CCC)nn(C)c2c(=O)[nH]1. The summed E-state index contributed by atoms with van der Waals surface area (Å²) in [7, 11) is -2.42. The first-order chi connectivity index (χ1) is 17.0. The first-order valence-corrected chi connectivity index (χ1v) is 13.5. The maximum Gasteiger partial charge on any atom is 0.277 e. The molecule has 11 nitrogen and oxygen atoms in total. The highest BCUT2D eigenvalue weighted by atomic mass is 32.2. The number of hydrogen-bond acceptors (Lipinski definition) is 8. The van der Waals surface area contributed by atoms with Crippen molar-refractivity contribution in [1.29, 1.82) is 0 Å². The van der Waals surface area contributed by atoms with E-state index in [1.807, 2.05) is 13.8 Å². The maximum atomic E-state index is 13.5. The topological polar surface area (TPSA) is 151 Å². The van der Waals surface area contributed by atoms with E-state index in [9.17, 15) is 23.4 Å². The first kappa shape index (κ1) is 27.8. The molecule has 3 aromatic rings. The molecule has 3 N–H and O–H groups in total. The van der Waals surface area contributed by atoms with Gasteiger partial charge in [-0.2, -0.15) is 9.40 Å². The van der Waals surface area contributed by atoms with Crippen LogP contribution in [-0.4, -0.2) is 74.6 Å². The Bertz CT molecular complexity index is 1350. The third kappa shape index (κ3) is 5.94. The average Bonchev–Trinajstić information content (AvgIpc) is 3.12. The molecule has 2 aromatic heterocycles. The molecule has 36 heavy (non-hydrogen) atoms. The molecule has 0 saturated heterocycles. The molecule has 1 aromatic carbocycles. The molecular weight excluding hydrogens is 486 g/mol. The summed E-state index contributed by atoms with van der Waals surface area (Å²) in [6, 6.07) is 4.34. The van der Waals surface area contributed by atoms with Crippen molar-refractivity contribution in [2.75, 3.05) is 19.7 Å². The number of aliphatic hydroxyl groups is 2. The summed E-state index contributed by atoms with van der Waals surface area (Å²) in [6.45, 7) is 6.91. The molecule has 198 valence electrons. The Hall–Kier alpha value is -2.80. The van der Waals surface area contributed by atoms with E-state index in [4.69, 9.17) is 4.74 Å². The number of nitrogens with zero attached hydrogens (tertiary/aromatic N) is 4. The maximum absolute atomic E-state index is 13.5. The quantitative estimate of drug-likeness (QED) is 0.327. The van der Waals surface area contributed by atoms with Crippen molar-refractivity contribution in [3.8, 4) is 17.1 Å². The van der Waals surface area contributed by atoms with Crippen molar-refractivity contribution < 1.29 is 23.4 Å². The number of aryl methyl sites for hydroxylation is 2. The zero-order valence-electron chi connectivity index (χ0n) is 21.4. The molecule has 0 bridgehead atoms. The molecule has 2 unspecified atom stereocenters. The molecule has 0 spiro atoms. The molecule has 2 heterocycles. The standard InChI is InChI=1S/C24H35N5O6S/c1-6-8-19-21-22(28(5)27-19)24(32)26-23(25-21)18-12-17(9-10-20(18)35-11-7-2)36(33,34)29(13-15(3)30)14-16(4)31/h9-10,12,15-16,30-31H,6-8,11,13-14H2,1-5H3,(H,25,26,32). The van der Waals surface area contributed by atoms with Gasteiger partial charge in [0.05, 0.1) is 35.0 Å². The number of nitrogens with one attached hydrogen (secondary N) is 1. The van der Waals surface area contributed by atoms with E-state index in [1.54, 1.807) is 7.05 Å². The number of aromatic amines is 1. The average molecular weight is 522 g/mol. The number of H-pyrrole nitrogens is 1. The normalized spacial score (nSPS) is 13.9. The van der Waals surface area contributed by atoms with E-state index in [0.29, 0.717) is 41.1 Å². The highest BCUT2D eigenvalue weighted by Crippen LogP contribution is 2.32. The van der Waals surface area contributed by atoms with E-state index >= 15 is 0 Å². The Balaban J connectivity index is 2.22. The van der Waals surface area contributed by atoms with Gasteiger partial charge in [0.15, 0.2) is 5.52 Å². The molecule has 2 atom stereocenters. The van der Waals surface area contributed by atoms with Gasteiger partial charge < -0.3 is 19.9 Å². The van der Waals surface area contributed by atoms with Gasteiger partial charge >= 0.3 is 0 Å². The lowest BCUT2D eigenvalue weighted by molar-refractivity contribution is 0.125. The van der Waals surface area contributed by atoms with E-state index < -0.39 is 27.8 Å². The van der Waals surface area contributed by atoms with E-state index in [1.165, 1.54) is 36.7 Å². The molecule has 0 aliphatic heterocycles. The number of fused-ring (bicyclic) bond motifs is 1. The van der Waals surface area contributed by atoms with E-state index in [-0.39, 0.29) is 23.8 Å². The fourth-order valence-corrected chi connectivity index (χ4v) is 5.61. The molecule has 3 rings (SSSR count). The minimum absolute atomic E-state index is 0.0784. The zero-order valence-corrected chi connectivity index (χ0v) is 22.2. The van der Waals surface area contributed by atoms with Crippen molar-refractivity contribution in [3.63, 3.8) is 0 Å². The molecule has 0 aliphatic rings. The second-order valence-electron chi connectivity index (χ2n) is 8.96. The second-order valence-corrected chi connectivity index (χ2v) is 10.9. The minimum Gasteiger partial charge on any atom is -0.493 e. The van der Waals surface area contributed by atoms with Crippen LogP contribution in [0.3, 0.4) is 0 Å². The van der Waals surface area contributed by atoms with Gasteiger partial charge in [-0.3, -0.25) is 9.48 Å². The lowest BCUT2D eigenvalue weighted by Crippen LogP contribution is -2.40. The van der Waals surface area contributed by atoms with Crippen LogP contribution in [0.2, 0.25) is 0 Å².